The molecule has 2 nitrogen and oxygen atoms in total. The second-order valence-corrected chi connectivity index (χ2v) is 3.75. The van der Waals surface area contributed by atoms with Gasteiger partial charge in [-0.2, -0.15) is 0 Å². The van der Waals surface area contributed by atoms with Crippen molar-refractivity contribution in [2.75, 3.05) is 25.0 Å². The molecule has 1 unspecified atom stereocenters. The Balaban J connectivity index is 1.82. The second kappa shape index (κ2) is 4.42. The summed E-state index contributed by atoms with van der Waals surface area (Å²) < 4.78 is 12.6. The highest BCUT2D eigenvalue weighted by atomic mass is 19.1. The van der Waals surface area contributed by atoms with Crippen LogP contribution in [0.25, 0.3) is 0 Å². The van der Waals surface area contributed by atoms with Gasteiger partial charge in [-0.25, -0.2) is 4.39 Å². The van der Waals surface area contributed by atoms with Crippen molar-refractivity contribution in [1.82, 2.24) is 5.32 Å². The van der Waals surface area contributed by atoms with Gasteiger partial charge in [-0.3, -0.25) is 0 Å². The molecule has 1 aromatic rings. The van der Waals surface area contributed by atoms with Crippen LogP contribution in [0.2, 0.25) is 0 Å². The van der Waals surface area contributed by atoms with E-state index in [1.165, 1.54) is 18.6 Å². The Hall–Kier alpha value is -1.09. The van der Waals surface area contributed by atoms with Gasteiger partial charge in [0.25, 0.3) is 0 Å². The van der Waals surface area contributed by atoms with E-state index in [0.29, 0.717) is 5.92 Å². The molecule has 1 fully saturated rings. The largest absolute Gasteiger partial charge is 0.385 e. The van der Waals surface area contributed by atoms with E-state index in [4.69, 9.17) is 0 Å². The van der Waals surface area contributed by atoms with E-state index in [1.807, 2.05) is 0 Å². The third-order valence-electron chi connectivity index (χ3n) is 2.60. The monoisotopic (exact) mass is 194 g/mol. The summed E-state index contributed by atoms with van der Waals surface area (Å²) >= 11 is 0. The lowest BCUT2D eigenvalue weighted by molar-refractivity contribution is 0.614. The van der Waals surface area contributed by atoms with Gasteiger partial charge in [0.1, 0.15) is 5.82 Å². The molecule has 0 saturated carbocycles. The first-order chi connectivity index (χ1) is 6.84. The van der Waals surface area contributed by atoms with Crippen molar-refractivity contribution in [2.24, 2.45) is 5.92 Å². The van der Waals surface area contributed by atoms with Crippen LogP contribution >= 0.6 is 0 Å². The summed E-state index contributed by atoms with van der Waals surface area (Å²) in [6, 6.07) is 6.51. The molecule has 0 aliphatic carbocycles. The van der Waals surface area contributed by atoms with Crippen molar-refractivity contribution >= 4 is 5.69 Å². The van der Waals surface area contributed by atoms with Gasteiger partial charge < -0.3 is 10.6 Å². The maximum absolute atomic E-state index is 12.6. The number of nitrogens with one attached hydrogen (secondary N) is 2. The first-order valence-electron chi connectivity index (χ1n) is 5.05. The summed E-state index contributed by atoms with van der Waals surface area (Å²) in [7, 11) is 0. The molecule has 1 aliphatic heterocycles. The summed E-state index contributed by atoms with van der Waals surface area (Å²) in [5.41, 5.74) is 0.998. The molecule has 0 amide bonds. The number of anilines is 1. The molecule has 2 N–H and O–H groups in total. The topological polar surface area (TPSA) is 24.1 Å². The molecule has 1 saturated heterocycles. The fraction of sp³-hybridized carbons (Fsp3) is 0.455. The van der Waals surface area contributed by atoms with Crippen molar-refractivity contribution < 1.29 is 4.39 Å². The molecule has 1 atom stereocenters. The number of benzene rings is 1. The number of hydrogen-bond donors (Lipinski definition) is 2. The third-order valence-corrected chi connectivity index (χ3v) is 2.60. The molecule has 14 heavy (non-hydrogen) atoms. The van der Waals surface area contributed by atoms with Crippen LogP contribution in [-0.4, -0.2) is 19.6 Å². The Morgan fingerprint density at radius 2 is 2.14 bits per heavy atom. The summed E-state index contributed by atoms with van der Waals surface area (Å²) in [6.07, 6.45) is 1.23. The van der Waals surface area contributed by atoms with Crippen molar-refractivity contribution in [1.29, 1.82) is 0 Å². The lowest BCUT2D eigenvalue weighted by Crippen LogP contribution is -2.17. The van der Waals surface area contributed by atoms with E-state index in [0.717, 1.165) is 25.3 Å². The summed E-state index contributed by atoms with van der Waals surface area (Å²) in [5.74, 6) is 0.526. The first kappa shape index (κ1) is 9.46. The van der Waals surface area contributed by atoms with E-state index in [-0.39, 0.29) is 5.82 Å². The molecular weight excluding hydrogens is 179 g/mol. The Morgan fingerprint density at radius 1 is 1.36 bits per heavy atom. The Bertz CT molecular complexity index is 278. The van der Waals surface area contributed by atoms with Crippen molar-refractivity contribution in [3.05, 3.63) is 30.1 Å². The smallest absolute Gasteiger partial charge is 0.123 e. The summed E-state index contributed by atoms with van der Waals surface area (Å²) in [4.78, 5) is 0. The van der Waals surface area contributed by atoms with Crippen molar-refractivity contribution in [2.45, 2.75) is 6.42 Å². The van der Waals surface area contributed by atoms with Crippen LogP contribution in [0.5, 0.6) is 0 Å². The predicted octanol–water partition coefficient (Wildman–Crippen LogP) is 1.85. The van der Waals surface area contributed by atoms with E-state index in [9.17, 15) is 4.39 Å². The minimum Gasteiger partial charge on any atom is -0.385 e. The fourth-order valence-electron chi connectivity index (χ4n) is 1.72. The minimum absolute atomic E-state index is 0.182. The molecule has 0 bridgehead atoms. The van der Waals surface area contributed by atoms with Gasteiger partial charge in [0.15, 0.2) is 0 Å². The highest BCUT2D eigenvalue weighted by Gasteiger charge is 2.13. The zero-order valence-corrected chi connectivity index (χ0v) is 8.09. The SMILES string of the molecule is Fc1ccc(NCC2CCNC2)cc1. The van der Waals surface area contributed by atoms with Crippen LogP contribution in [0.3, 0.4) is 0 Å². The maximum atomic E-state index is 12.6. The quantitative estimate of drug-likeness (QED) is 0.767. The van der Waals surface area contributed by atoms with E-state index in [1.54, 1.807) is 12.1 Å². The van der Waals surface area contributed by atoms with Gasteiger partial charge in [0.05, 0.1) is 0 Å². The molecule has 0 aromatic heterocycles. The molecule has 1 heterocycles. The summed E-state index contributed by atoms with van der Waals surface area (Å²) in [5, 5.41) is 6.62. The number of rotatable bonds is 3. The normalized spacial score (nSPS) is 21.1. The first-order valence-corrected chi connectivity index (χ1v) is 5.05. The predicted molar refractivity (Wildman–Crippen MR) is 55.9 cm³/mol. The van der Waals surface area contributed by atoms with Crippen LogP contribution < -0.4 is 10.6 Å². The van der Waals surface area contributed by atoms with E-state index in [2.05, 4.69) is 10.6 Å². The second-order valence-electron chi connectivity index (χ2n) is 3.75. The standard InChI is InChI=1S/C11H15FN2/c12-10-1-3-11(4-2-10)14-8-9-5-6-13-7-9/h1-4,9,13-14H,5-8H2. The highest BCUT2D eigenvalue weighted by molar-refractivity contribution is 5.42. The average molecular weight is 194 g/mol. The van der Waals surface area contributed by atoms with Gasteiger partial charge in [-0.05, 0) is 49.7 Å². The van der Waals surface area contributed by atoms with Gasteiger partial charge in [0.2, 0.25) is 0 Å². The average Bonchev–Trinajstić information content (AvgIpc) is 2.70. The van der Waals surface area contributed by atoms with Crippen LogP contribution in [0.4, 0.5) is 10.1 Å². The van der Waals surface area contributed by atoms with Crippen LogP contribution in [-0.2, 0) is 0 Å². The zero-order valence-electron chi connectivity index (χ0n) is 8.09. The lowest BCUT2D eigenvalue weighted by atomic mass is 10.1. The van der Waals surface area contributed by atoms with E-state index < -0.39 is 0 Å². The Kier molecular flexibility index (Phi) is 2.99. The third kappa shape index (κ3) is 2.45. The molecule has 0 radical (unpaired) electrons. The molecule has 2 rings (SSSR count). The zero-order chi connectivity index (χ0) is 9.80. The number of hydrogen-bond acceptors (Lipinski definition) is 2. The fourth-order valence-corrected chi connectivity index (χ4v) is 1.72. The molecule has 1 aliphatic rings. The van der Waals surface area contributed by atoms with Gasteiger partial charge >= 0.3 is 0 Å². The molecule has 76 valence electrons. The minimum atomic E-state index is -0.182. The summed E-state index contributed by atoms with van der Waals surface area (Å²) in [6.45, 7) is 3.18. The van der Waals surface area contributed by atoms with Crippen molar-refractivity contribution in [3.63, 3.8) is 0 Å². The molecule has 3 heteroatoms. The lowest BCUT2D eigenvalue weighted by Gasteiger charge is -2.10. The van der Waals surface area contributed by atoms with Crippen LogP contribution in [0.15, 0.2) is 24.3 Å². The van der Waals surface area contributed by atoms with Gasteiger partial charge in [-0.1, -0.05) is 0 Å². The van der Waals surface area contributed by atoms with Gasteiger partial charge in [-0.15, -0.1) is 0 Å². The Labute approximate surface area is 83.5 Å². The molecule has 1 aromatic carbocycles. The molecular formula is C11H15FN2. The van der Waals surface area contributed by atoms with Gasteiger partial charge in [0, 0.05) is 12.2 Å². The Morgan fingerprint density at radius 3 is 2.79 bits per heavy atom. The maximum Gasteiger partial charge on any atom is 0.123 e. The van der Waals surface area contributed by atoms with E-state index >= 15 is 0 Å². The molecule has 0 spiro atoms. The number of halogens is 1. The van der Waals surface area contributed by atoms with Crippen LogP contribution in [0.1, 0.15) is 6.42 Å². The van der Waals surface area contributed by atoms with Crippen molar-refractivity contribution in [3.8, 4) is 0 Å². The van der Waals surface area contributed by atoms with Crippen LogP contribution in [0, 0.1) is 11.7 Å². The highest BCUT2D eigenvalue weighted by Crippen LogP contribution is 2.12.